The first-order valence-corrected chi connectivity index (χ1v) is 5.51. The van der Waals surface area contributed by atoms with E-state index >= 15 is 0 Å². The Kier molecular flexibility index (Phi) is 5.82. The molecule has 4 heteroatoms. The van der Waals surface area contributed by atoms with Gasteiger partial charge >= 0.3 is 0 Å². The highest BCUT2D eigenvalue weighted by Gasteiger charge is 2.13. The quantitative estimate of drug-likeness (QED) is 0.437. The summed E-state index contributed by atoms with van der Waals surface area (Å²) < 4.78 is 10.9. The third-order valence-electron chi connectivity index (χ3n) is 2.39. The van der Waals surface area contributed by atoms with Gasteiger partial charge in [-0.3, -0.25) is 0 Å². The Morgan fingerprint density at radius 2 is 2.50 bits per heavy atom. The van der Waals surface area contributed by atoms with Gasteiger partial charge in [0.25, 0.3) is 0 Å². The van der Waals surface area contributed by atoms with Gasteiger partial charge in [0.1, 0.15) is 6.61 Å². The fourth-order valence-electron chi connectivity index (χ4n) is 1.32. The van der Waals surface area contributed by atoms with Crippen molar-refractivity contribution in [2.45, 2.75) is 19.9 Å². The largest absolute Gasteiger partial charge is 0.476 e. The van der Waals surface area contributed by atoms with Crippen LogP contribution in [0.15, 0.2) is 28.6 Å². The summed E-state index contributed by atoms with van der Waals surface area (Å²) in [4.78, 5) is 3.84. The SMILES string of the molecule is C=N/C(=C\C(C)=C/C)OCC1COCCN1. The molecule has 1 unspecified atom stereocenters. The van der Waals surface area contributed by atoms with Crippen LogP contribution in [0.25, 0.3) is 0 Å². The van der Waals surface area contributed by atoms with Gasteiger partial charge in [-0.2, -0.15) is 0 Å². The molecule has 90 valence electrons. The van der Waals surface area contributed by atoms with E-state index in [0.717, 1.165) is 18.7 Å². The van der Waals surface area contributed by atoms with Gasteiger partial charge in [-0.25, -0.2) is 4.99 Å². The van der Waals surface area contributed by atoms with Crippen LogP contribution >= 0.6 is 0 Å². The fraction of sp³-hybridized carbons (Fsp3) is 0.583. The van der Waals surface area contributed by atoms with E-state index in [9.17, 15) is 0 Å². The molecule has 1 atom stereocenters. The molecule has 0 amide bonds. The summed E-state index contributed by atoms with van der Waals surface area (Å²) >= 11 is 0. The molecule has 1 fully saturated rings. The summed E-state index contributed by atoms with van der Waals surface area (Å²) in [5.41, 5.74) is 1.11. The zero-order valence-electron chi connectivity index (χ0n) is 10.0. The molecule has 16 heavy (non-hydrogen) atoms. The smallest absolute Gasteiger partial charge is 0.212 e. The van der Waals surface area contributed by atoms with E-state index in [-0.39, 0.29) is 6.04 Å². The van der Waals surface area contributed by atoms with Gasteiger partial charge in [0.2, 0.25) is 5.88 Å². The van der Waals surface area contributed by atoms with Crippen LogP contribution in [-0.2, 0) is 9.47 Å². The summed E-state index contributed by atoms with van der Waals surface area (Å²) in [7, 11) is 0. The van der Waals surface area contributed by atoms with Gasteiger partial charge in [0.05, 0.1) is 19.3 Å². The molecule has 1 aliphatic rings. The molecule has 0 aromatic rings. The molecule has 1 heterocycles. The number of morpholine rings is 1. The number of rotatable bonds is 5. The molecule has 1 rings (SSSR count). The van der Waals surface area contributed by atoms with E-state index in [0.29, 0.717) is 19.1 Å². The van der Waals surface area contributed by atoms with Gasteiger partial charge in [-0.05, 0) is 20.6 Å². The molecule has 4 nitrogen and oxygen atoms in total. The molecule has 1 N–H and O–H groups in total. The van der Waals surface area contributed by atoms with E-state index in [1.807, 2.05) is 26.0 Å². The Hall–Kier alpha value is -1.13. The van der Waals surface area contributed by atoms with Gasteiger partial charge in [0.15, 0.2) is 0 Å². The predicted octanol–water partition coefficient (Wildman–Crippen LogP) is 1.50. The normalized spacial score (nSPS) is 23.0. The highest BCUT2D eigenvalue weighted by atomic mass is 16.5. The first-order chi connectivity index (χ1) is 7.76. The maximum Gasteiger partial charge on any atom is 0.212 e. The minimum absolute atomic E-state index is 0.241. The first kappa shape index (κ1) is 12.9. The van der Waals surface area contributed by atoms with Crippen molar-refractivity contribution in [3.05, 3.63) is 23.6 Å². The number of hydrogen-bond acceptors (Lipinski definition) is 4. The van der Waals surface area contributed by atoms with Crippen molar-refractivity contribution >= 4 is 6.72 Å². The molecular formula is C12H20N2O2. The fourth-order valence-corrected chi connectivity index (χ4v) is 1.32. The van der Waals surface area contributed by atoms with Gasteiger partial charge in [-0.15, -0.1) is 0 Å². The summed E-state index contributed by atoms with van der Waals surface area (Å²) in [6.07, 6.45) is 3.87. The second-order valence-corrected chi connectivity index (χ2v) is 3.71. The van der Waals surface area contributed by atoms with Gasteiger partial charge < -0.3 is 14.8 Å². The van der Waals surface area contributed by atoms with Gasteiger partial charge in [0, 0.05) is 12.6 Å². The standard InChI is InChI=1S/C12H20N2O2/c1-4-10(2)7-12(13-3)16-9-11-8-15-6-5-14-11/h4,7,11,14H,3,5-6,8-9H2,1-2H3/b10-4-,12-7+. The van der Waals surface area contributed by atoms with Crippen molar-refractivity contribution < 1.29 is 9.47 Å². The second kappa shape index (κ2) is 7.19. The molecule has 0 saturated carbocycles. The topological polar surface area (TPSA) is 42.9 Å². The monoisotopic (exact) mass is 224 g/mol. The Morgan fingerprint density at radius 3 is 3.06 bits per heavy atom. The van der Waals surface area contributed by atoms with Crippen LogP contribution in [0.3, 0.4) is 0 Å². The lowest BCUT2D eigenvalue weighted by atomic mass is 10.3. The first-order valence-electron chi connectivity index (χ1n) is 5.51. The summed E-state index contributed by atoms with van der Waals surface area (Å²) in [5, 5.41) is 3.31. The van der Waals surface area contributed by atoms with Crippen molar-refractivity contribution in [2.24, 2.45) is 4.99 Å². The maximum absolute atomic E-state index is 5.55. The lowest BCUT2D eigenvalue weighted by Crippen LogP contribution is -2.44. The van der Waals surface area contributed by atoms with Crippen LogP contribution in [0.2, 0.25) is 0 Å². The minimum atomic E-state index is 0.241. The molecule has 0 bridgehead atoms. The highest BCUT2D eigenvalue weighted by molar-refractivity contribution is 5.29. The second-order valence-electron chi connectivity index (χ2n) is 3.71. The summed E-state index contributed by atoms with van der Waals surface area (Å²) in [5.74, 6) is 0.558. The Labute approximate surface area is 97.0 Å². The van der Waals surface area contributed by atoms with Crippen molar-refractivity contribution in [2.75, 3.05) is 26.4 Å². The van der Waals surface area contributed by atoms with Crippen LogP contribution in [0.1, 0.15) is 13.8 Å². The average molecular weight is 224 g/mol. The lowest BCUT2D eigenvalue weighted by molar-refractivity contribution is 0.0461. The van der Waals surface area contributed by atoms with E-state index in [4.69, 9.17) is 9.47 Å². The van der Waals surface area contributed by atoms with Crippen molar-refractivity contribution in [1.29, 1.82) is 0 Å². The summed E-state index contributed by atoms with van der Waals surface area (Å²) in [6, 6.07) is 0.241. The highest BCUT2D eigenvalue weighted by Crippen LogP contribution is 2.06. The average Bonchev–Trinajstić information content (AvgIpc) is 2.35. The van der Waals surface area contributed by atoms with Crippen LogP contribution in [-0.4, -0.2) is 39.1 Å². The molecule has 0 aromatic heterocycles. The number of nitrogens with zero attached hydrogens (tertiary/aromatic N) is 1. The predicted molar refractivity (Wildman–Crippen MR) is 65.6 cm³/mol. The molecule has 1 saturated heterocycles. The van der Waals surface area contributed by atoms with Crippen molar-refractivity contribution in [1.82, 2.24) is 5.32 Å². The van der Waals surface area contributed by atoms with Crippen LogP contribution in [0.4, 0.5) is 0 Å². The third-order valence-corrected chi connectivity index (χ3v) is 2.39. The lowest BCUT2D eigenvalue weighted by Gasteiger charge is -2.23. The van der Waals surface area contributed by atoms with E-state index in [1.54, 1.807) is 0 Å². The number of nitrogens with one attached hydrogen (secondary N) is 1. The number of allylic oxidation sites excluding steroid dienone is 3. The van der Waals surface area contributed by atoms with E-state index in [2.05, 4.69) is 17.0 Å². The van der Waals surface area contributed by atoms with Crippen LogP contribution in [0.5, 0.6) is 0 Å². The molecular weight excluding hydrogens is 204 g/mol. The van der Waals surface area contributed by atoms with Gasteiger partial charge in [-0.1, -0.05) is 11.6 Å². The Morgan fingerprint density at radius 1 is 1.69 bits per heavy atom. The third kappa shape index (κ3) is 4.59. The molecule has 1 aliphatic heterocycles. The molecule has 0 radical (unpaired) electrons. The van der Waals surface area contributed by atoms with Crippen LogP contribution in [0, 0.1) is 0 Å². The van der Waals surface area contributed by atoms with E-state index < -0.39 is 0 Å². The molecule has 0 aliphatic carbocycles. The van der Waals surface area contributed by atoms with Crippen molar-refractivity contribution in [3.63, 3.8) is 0 Å². The Balaban J connectivity index is 2.38. The number of ether oxygens (including phenoxy) is 2. The molecule has 0 aromatic carbocycles. The molecule has 0 spiro atoms. The van der Waals surface area contributed by atoms with Crippen LogP contribution < -0.4 is 5.32 Å². The number of aliphatic imine (C=N–C) groups is 1. The van der Waals surface area contributed by atoms with Crippen molar-refractivity contribution in [3.8, 4) is 0 Å². The van der Waals surface area contributed by atoms with E-state index in [1.165, 1.54) is 0 Å². The maximum atomic E-state index is 5.55. The minimum Gasteiger partial charge on any atom is -0.476 e. The Bertz CT molecular complexity index is 279. The number of hydrogen-bond donors (Lipinski definition) is 1. The summed E-state index contributed by atoms with van der Waals surface area (Å²) in [6.45, 7) is 10.4. The zero-order valence-corrected chi connectivity index (χ0v) is 10.0. The zero-order chi connectivity index (χ0) is 11.8.